The molecule has 150 valence electrons. The third kappa shape index (κ3) is 6.23. The molecular weight excluding hydrogens is 348 g/mol. The quantitative estimate of drug-likeness (QED) is 0.861. The number of hydrogen-bond acceptors (Lipinski definition) is 7. The molecule has 0 unspecified atom stereocenters. The van der Waals surface area contributed by atoms with Crippen LogP contribution in [0.15, 0.2) is 12.4 Å². The molecule has 1 aliphatic carbocycles. The molecule has 1 aromatic heterocycles. The molecule has 1 aromatic rings. The molecule has 8 nitrogen and oxygen atoms in total. The summed E-state index contributed by atoms with van der Waals surface area (Å²) < 4.78 is 16.8. The maximum absolute atomic E-state index is 11.9. The summed E-state index contributed by atoms with van der Waals surface area (Å²) in [6.45, 7) is 8.69. The van der Waals surface area contributed by atoms with Crippen LogP contribution in [-0.4, -0.2) is 60.1 Å². The molecule has 2 fully saturated rings. The molecule has 0 radical (unpaired) electrons. The fourth-order valence-corrected chi connectivity index (χ4v) is 3.33. The van der Waals surface area contributed by atoms with Crippen LogP contribution < -0.4 is 15.0 Å². The number of carbonyl (C=O) groups excluding carboxylic acids is 1. The van der Waals surface area contributed by atoms with Crippen molar-refractivity contribution in [2.45, 2.75) is 64.2 Å². The Hall–Kier alpha value is -2.09. The van der Waals surface area contributed by atoms with Crippen LogP contribution in [0.4, 0.5) is 10.6 Å². The van der Waals surface area contributed by atoms with Crippen molar-refractivity contribution in [1.29, 1.82) is 0 Å². The van der Waals surface area contributed by atoms with Gasteiger partial charge >= 0.3 is 6.09 Å². The van der Waals surface area contributed by atoms with Crippen molar-refractivity contribution < 1.29 is 19.0 Å². The van der Waals surface area contributed by atoms with E-state index in [0.717, 1.165) is 57.8 Å². The summed E-state index contributed by atoms with van der Waals surface area (Å²) in [6, 6.07) is 2.03. The SMILES string of the molecule is CC(C)(C)OC(=O)N[C@H]1CC[C@H](Oc2cc(N3CCOCC3)ncn2)CC1. The highest BCUT2D eigenvalue weighted by Gasteiger charge is 2.26. The Labute approximate surface area is 160 Å². The average Bonchev–Trinajstić information content (AvgIpc) is 2.63. The second-order valence-electron chi connectivity index (χ2n) is 8.05. The molecule has 1 amide bonds. The van der Waals surface area contributed by atoms with Crippen molar-refractivity contribution >= 4 is 11.9 Å². The number of ether oxygens (including phenoxy) is 3. The van der Waals surface area contributed by atoms with Crippen LogP contribution in [0.1, 0.15) is 46.5 Å². The Balaban J connectivity index is 1.46. The van der Waals surface area contributed by atoms with Gasteiger partial charge in [-0.05, 0) is 46.5 Å². The van der Waals surface area contributed by atoms with Gasteiger partial charge < -0.3 is 24.4 Å². The molecule has 27 heavy (non-hydrogen) atoms. The van der Waals surface area contributed by atoms with Crippen molar-refractivity contribution in [3.05, 3.63) is 12.4 Å². The zero-order valence-electron chi connectivity index (χ0n) is 16.4. The summed E-state index contributed by atoms with van der Waals surface area (Å²) >= 11 is 0. The van der Waals surface area contributed by atoms with E-state index in [1.807, 2.05) is 26.8 Å². The van der Waals surface area contributed by atoms with Gasteiger partial charge in [0.15, 0.2) is 0 Å². The monoisotopic (exact) mass is 378 g/mol. The first-order chi connectivity index (χ1) is 12.9. The molecule has 1 aliphatic heterocycles. The van der Waals surface area contributed by atoms with Gasteiger partial charge in [0.25, 0.3) is 0 Å². The van der Waals surface area contributed by atoms with Gasteiger partial charge in [-0.25, -0.2) is 14.8 Å². The molecule has 8 heteroatoms. The van der Waals surface area contributed by atoms with E-state index >= 15 is 0 Å². The van der Waals surface area contributed by atoms with E-state index in [4.69, 9.17) is 14.2 Å². The zero-order chi connectivity index (χ0) is 19.3. The number of morpholine rings is 1. The fraction of sp³-hybridized carbons (Fsp3) is 0.737. The second-order valence-corrected chi connectivity index (χ2v) is 8.05. The van der Waals surface area contributed by atoms with Gasteiger partial charge in [0.2, 0.25) is 5.88 Å². The van der Waals surface area contributed by atoms with Gasteiger partial charge in [-0.15, -0.1) is 0 Å². The smallest absolute Gasteiger partial charge is 0.407 e. The number of nitrogens with zero attached hydrogens (tertiary/aromatic N) is 3. The van der Waals surface area contributed by atoms with Crippen molar-refractivity contribution in [2.75, 3.05) is 31.2 Å². The van der Waals surface area contributed by atoms with Crippen LogP contribution in [0.5, 0.6) is 5.88 Å². The van der Waals surface area contributed by atoms with Crippen molar-refractivity contribution in [3.8, 4) is 5.88 Å². The van der Waals surface area contributed by atoms with Crippen LogP contribution >= 0.6 is 0 Å². The summed E-state index contributed by atoms with van der Waals surface area (Å²) in [5, 5.41) is 2.95. The number of carbonyl (C=O) groups is 1. The Morgan fingerprint density at radius 1 is 1.19 bits per heavy atom. The van der Waals surface area contributed by atoms with E-state index in [1.54, 1.807) is 6.33 Å². The predicted molar refractivity (Wildman–Crippen MR) is 101 cm³/mol. The highest BCUT2D eigenvalue weighted by atomic mass is 16.6. The Bertz CT molecular complexity index is 620. The molecule has 1 N–H and O–H groups in total. The highest BCUT2D eigenvalue weighted by Crippen LogP contribution is 2.25. The van der Waals surface area contributed by atoms with E-state index in [9.17, 15) is 4.79 Å². The van der Waals surface area contributed by atoms with Gasteiger partial charge in [-0.1, -0.05) is 0 Å². The maximum Gasteiger partial charge on any atom is 0.407 e. The molecule has 0 atom stereocenters. The lowest BCUT2D eigenvalue weighted by atomic mass is 9.93. The molecule has 0 aromatic carbocycles. The average molecular weight is 378 g/mol. The molecule has 0 spiro atoms. The zero-order valence-corrected chi connectivity index (χ0v) is 16.4. The summed E-state index contributed by atoms with van der Waals surface area (Å²) in [7, 11) is 0. The van der Waals surface area contributed by atoms with Gasteiger partial charge in [0.05, 0.1) is 13.2 Å². The molecule has 0 bridgehead atoms. The molecule has 2 heterocycles. The standard InChI is InChI=1S/C19H30N4O4/c1-19(2,3)27-18(24)22-14-4-6-15(7-5-14)26-17-12-16(20-13-21-17)23-8-10-25-11-9-23/h12-15H,4-11H2,1-3H3,(H,22,24)/t14-,15-. The summed E-state index contributed by atoms with van der Waals surface area (Å²) in [6.07, 6.45) is 4.79. The van der Waals surface area contributed by atoms with Gasteiger partial charge in [0, 0.05) is 25.2 Å². The number of amides is 1. The Morgan fingerprint density at radius 2 is 1.89 bits per heavy atom. The molecule has 1 saturated carbocycles. The first-order valence-corrected chi connectivity index (χ1v) is 9.70. The molecule has 2 aliphatic rings. The van der Waals surface area contributed by atoms with E-state index in [0.29, 0.717) is 5.88 Å². The number of rotatable bonds is 4. The topological polar surface area (TPSA) is 85.8 Å². The van der Waals surface area contributed by atoms with Crippen molar-refractivity contribution in [1.82, 2.24) is 15.3 Å². The third-order valence-electron chi connectivity index (χ3n) is 4.65. The second kappa shape index (κ2) is 8.73. The minimum Gasteiger partial charge on any atom is -0.474 e. The highest BCUT2D eigenvalue weighted by molar-refractivity contribution is 5.68. The first-order valence-electron chi connectivity index (χ1n) is 9.70. The van der Waals surface area contributed by atoms with Crippen molar-refractivity contribution in [3.63, 3.8) is 0 Å². The largest absolute Gasteiger partial charge is 0.474 e. The van der Waals surface area contributed by atoms with Crippen LogP contribution in [0.3, 0.4) is 0 Å². The van der Waals surface area contributed by atoms with Crippen molar-refractivity contribution in [2.24, 2.45) is 0 Å². The number of anilines is 1. The van der Waals surface area contributed by atoms with E-state index in [-0.39, 0.29) is 18.2 Å². The minimum atomic E-state index is -0.477. The summed E-state index contributed by atoms with van der Waals surface area (Å²) in [5.74, 6) is 1.48. The van der Waals surface area contributed by atoms with Gasteiger partial charge in [-0.2, -0.15) is 0 Å². The van der Waals surface area contributed by atoms with Crippen LogP contribution in [0.2, 0.25) is 0 Å². The number of aromatic nitrogens is 2. The van der Waals surface area contributed by atoms with Gasteiger partial charge in [-0.3, -0.25) is 0 Å². The molecule has 3 rings (SSSR count). The van der Waals surface area contributed by atoms with Crippen LogP contribution in [0, 0.1) is 0 Å². The van der Waals surface area contributed by atoms with E-state index in [1.165, 1.54) is 0 Å². The lowest BCUT2D eigenvalue weighted by molar-refractivity contribution is 0.0469. The normalized spacial score (nSPS) is 23.6. The summed E-state index contributed by atoms with van der Waals surface area (Å²) in [5.41, 5.74) is -0.477. The minimum absolute atomic E-state index is 0.106. The maximum atomic E-state index is 11.9. The molecule has 1 saturated heterocycles. The summed E-state index contributed by atoms with van der Waals surface area (Å²) in [4.78, 5) is 22.7. The lowest BCUT2D eigenvalue weighted by Gasteiger charge is -2.30. The lowest BCUT2D eigenvalue weighted by Crippen LogP contribution is -2.42. The predicted octanol–water partition coefficient (Wildman–Crippen LogP) is 2.53. The number of alkyl carbamates (subject to hydrolysis) is 1. The first kappa shape index (κ1) is 19.7. The Kier molecular flexibility index (Phi) is 6.36. The van der Waals surface area contributed by atoms with Gasteiger partial charge in [0.1, 0.15) is 23.9 Å². The van der Waals surface area contributed by atoms with E-state index in [2.05, 4.69) is 20.2 Å². The number of nitrogens with one attached hydrogen (secondary N) is 1. The Morgan fingerprint density at radius 3 is 2.56 bits per heavy atom. The van der Waals surface area contributed by atoms with Crippen LogP contribution in [-0.2, 0) is 9.47 Å². The fourth-order valence-electron chi connectivity index (χ4n) is 3.33. The molecular formula is C19H30N4O4. The number of hydrogen-bond donors (Lipinski definition) is 1. The van der Waals surface area contributed by atoms with Crippen LogP contribution in [0.25, 0.3) is 0 Å². The van der Waals surface area contributed by atoms with E-state index < -0.39 is 5.60 Å². The third-order valence-corrected chi connectivity index (χ3v) is 4.65.